The number of hydrogen-bond acceptors (Lipinski definition) is 1. The Kier molecular flexibility index (Phi) is 9.71. The van der Waals surface area contributed by atoms with E-state index in [9.17, 15) is 4.79 Å². The molecule has 2 nitrogen and oxygen atoms in total. The summed E-state index contributed by atoms with van der Waals surface area (Å²) < 4.78 is 4.96. The molecule has 6 heteroatoms. The fourth-order valence-electron chi connectivity index (χ4n) is 2.22. The number of halogens is 2. The second-order valence-corrected chi connectivity index (χ2v) is 23.7. The summed E-state index contributed by atoms with van der Waals surface area (Å²) in [6.07, 6.45) is 7.63. The van der Waals surface area contributed by atoms with Crippen LogP contribution in [0.5, 0.6) is 0 Å². The number of allylic oxidation sites excluding steroid dienone is 4. The van der Waals surface area contributed by atoms with Crippen LogP contribution >= 0.6 is 0 Å². The zero-order valence-corrected chi connectivity index (χ0v) is 17.6. The van der Waals surface area contributed by atoms with Crippen molar-refractivity contribution in [1.82, 2.24) is 3.26 Å². The minimum absolute atomic E-state index is 0. The van der Waals surface area contributed by atoms with Gasteiger partial charge in [-0.25, -0.2) is 0 Å². The topological polar surface area (TPSA) is 29.1 Å². The summed E-state index contributed by atoms with van der Waals surface area (Å²) in [4.78, 5) is 12.4. The summed E-state index contributed by atoms with van der Waals surface area (Å²) >= 11 is -1.90. The van der Waals surface area contributed by atoms with Crippen LogP contribution in [0.15, 0.2) is 45.8 Å². The van der Waals surface area contributed by atoms with Crippen molar-refractivity contribution in [3.63, 3.8) is 0 Å². The van der Waals surface area contributed by atoms with Crippen molar-refractivity contribution in [1.29, 1.82) is 0 Å². The van der Waals surface area contributed by atoms with E-state index < -0.39 is 27.1 Å². The molecule has 0 unspecified atom stereocenters. The fourth-order valence-corrected chi connectivity index (χ4v) is 15.8. The Bertz CT molecular complexity index is 546. The second kappa shape index (κ2) is 9.78. The first-order valence-corrected chi connectivity index (χ1v) is 16.3. The van der Waals surface area contributed by atoms with Crippen molar-refractivity contribution < 1.29 is 50.8 Å². The molecular formula is C15H20Cl2NOSiZr. The zero-order valence-electron chi connectivity index (χ0n) is 12.5. The van der Waals surface area contributed by atoms with E-state index >= 15 is 0 Å². The quantitative estimate of drug-likeness (QED) is 0.520. The molecule has 0 radical (unpaired) electrons. The van der Waals surface area contributed by atoms with E-state index in [2.05, 4.69) is 34.6 Å². The van der Waals surface area contributed by atoms with E-state index in [1.165, 1.54) is 0 Å². The number of carbonyl (C=O) groups excluding carboxylic acids is 1. The Morgan fingerprint density at radius 3 is 2.52 bits per heavy atom. The van der Waals surface area contributed by atoms with Gasteiger partial charge in [0.25, 0.3) is 0 Å². The van der Waals surface area contributed by atoms with E-state index in [1.807, 2.05) is 31.2 Å². The van der Waals surface area contributed by atoms with Crippen molar-refractivity contribution in [2.24, 2.45) is 0 Å². The van der Waals surface area contributed by atoms with Gasteiger partial charge >= 0.3 is 124 Å². The second-order valence-electron chi connectivity index (χ2n) is 5.22. The summed E-state index contributed by atoms with van der Waals surface area (Å²) in [5.74, 6) is -0.643. The molecule has 0 saturated heterocycles. The number of carbonyl (C=O) groups is 1. The van der Waals surface area contributed by atoms with Crippen LogP contribution < -0.4 is 28.1 Å². The molecule has 0 heterocycles. The predicted octanol–water partition coefficient (Wildman–Crippen LogP) is -2.91. The molecule has 0 atom stereocenters. The maximum atomic E-state index is 12.4. The molecule has 1 aromatic carbocycles. The summed E-state index contributed by atoms with van der Waals surface area (Å²) in [7, 11) is 0. The minimum Gasteiger partial charge on any atom is -1.00 e. The predicted molar refractivity (Wildman–Crippen MR) is 79.4 cm³/mol. The first kappa shape index (κ1) is 20.9. The Balaban J connectivity index is 0.00000200. The molecule has 0 saturated carbocycles. The van der Waals surface area contributed by atoms with E-state index in [1.54, 1.807) is 3.28 Å². The Morgan fingerprint density at radius 1 is 1.29 bits per heavy atom. The summed E-state index contributed by atoms with van der Waals surface area (Å²) in [6, 6.07) is 7.86. The number of aryl methyl sites for hydroxylation is 1. The van der Waals surface area contributed by atoms with Gasteiger partial charge in [-0.1, -0.05) is 0 Å². The SMILES string of the molecule is Cc1cccc(C(=O)[NH][Zr+2]([C]2=CC=CC2)[SiH](C)C)c1.[Cl-].[Cl-]. The molecule has 21 heavy (non-hydrogen) atoms. The smallest absolute Gasteiger partial charge is 1.00 e. The molecule has 0 fully saturated rings. The van der Waals surface area contributed by atoms with E-state index in [4.69, 9.17) is 0 Å². The number of nitrogens with one attached hydrogen (secondary N) is 1. The largest absolute Gasteiger partial charge is 1.00 e. The number of hydrogen-bond donors (Lipinski definition) is 1. The van der Waals surface area contributed by atoms with Crippen molar-refractivity contribution >= 4 is 11.8 Å². The molecular weight excluding hydrogens is 400 g/mol. The standard InChI is InChI=1S/C8H9NO.C5H5.C2H7Si.2ClH.Zr/c1-6-3-2-4-7(5-6)8(9)10;1-2-4-5-3-1;1-3-2;;;/h2-5H,1H3,(H2,9,10);1-3H,4H2;3H,1-2H3;2*1H;/q;;;;;+3/p-3. The third-order valence-electron chi connectivity index (χ3n) is 3.22. The van der Waals surface area contributed by atoms with Crippen molar-refractivity contribution in [2.75, 3.05) is 0 Å². The maximum Gasteiger partial charge on any atom is -1.00 e. The van der Waals surface area contributed by atoms with Gasteiger partial charge in [0.2, 0.25) is 0 Å². The molecule has 1 N–H and O–H groups in total. The normalized spacial score (nSPS) is 12.3. The van der Waals surface area contributed by atoms with Crippen LogP contribution in [-0.2, 0) is 21.2 Å². The Morgan fingerprint density at radius 2 is 2.00 bits per heavy atom. The fraction of sp³-hybridized carbons (Fsp3) is 0.267. The third kappa shape index (κ3) is 5.86. The molecule has 0 aliphatic heterocycles. The van der Waals surface area contributed by atoms with Gasteiger partial charge < -0.3 is 24.8 Å². The first-order chi connectivity index (χ1) is 9.08. The van der Waals surface area contributed by atoms with Crippen LogP contribution in [0.25, 0.3) is 0 Å². The van der Waals surface area contributed by atoms with Crippen molar-refractivity contribution in [2.45, 2.75) is 26.4 Å². The van der Waals surface area contributed by atoms with Gasteiger partial charge in [0.1, 0.15) is 0 Å². The Labute approximate surface area is 148 Å². The van der Waals surface area contributed by atoms with Gasteiger partial charge in [-0.15, -0.1) is 0 Å². The van der Waals surface area contributed by atoms with Gasteiger partial charge in [0.15, 0.2) is 0 Å². The number of amides is 1. The van der Waals surface area contributed by atoms with Gasteiger partial charge in [-0.05, 0) is 0 Å². The zero-order chi connectivity index (χ0) is 13.8. The summed E-state index contributed by atoms with van der Waals surface area (Å²) in [6.45, 7) is 6.76. The van der Waals surface area contributed by atoms with Crippen molar-refractivity contribution in [3.8, 4) is 0 Å². The third-order valence-corrected chi connectivity index (χ3v) is 19.8. The average Bonchev–Trinajstić information content (AvgIpc) is 2.88. The molecule has 1 amide bonds. The molecule has 1 aromatic rings. The number of rotatable bonds is 4. The number of benzene rings is 1. The van der Waals surface area contributed by atoms with E-state index in [0.29, 0.717) is 0 Å². The molecule has 113 valence electrons. The van der Waals surface area contributed by atoms with E-state index in [-0.39, 0.29) is 30.7 Å². The molecule has 1 aliphatic rings. The maximum absolute atomic E-state index is 12.4. The van der Waals surface area contributed by atoms with Crippen LogP contribution in [0.2, 0.25) is 13.1 Å². The summed E-state index contributed by atoms with van der Waals surface area (Å²) in [5, 5.41) is 0. The first-order valence-electron chi connectivity index (χ1n) is 6.69. The van der Waals surface area contributed by atoms with Crippen LogP contribution in [0.3, 0.4) is 0 Å². The van der Waals surface area contributed by atoms with Crippen LogP contribution in [0, 0.1) is 6.92 Å². The molecule has 0 bridgehead atoms. The minimum atomic E-state index is -1.90. The van der Waals surface area contributed by atoms with E-state index in [0.717, 1.165) is 17.5 Å². The monoisotopic (exact) mass is 418 g/mol. The summed E-state index contributed by atoms with van der Waals surface area (Å²) in [5.41, 5.74) is 1.95. The van der Waals surface area contributed by atoms with Crippen molar-refractivity contribution in [3.05, 3.63) is 56.9 Å². The van der Waals surface area contributed by atoms with Crippen LogP contribution in [0.1, 0.15) is 22.3 Å². The molecule has 0 spiro atoms. The molecule has 1 aliphatic carbocycles. The van der Waals surface area contributed by atoms with Gasteiger partial charge in [0.05, 0.1) is 0 Å². The van der Waals surface area contributed by atoms with Gasteiger partial charge in [0, 0.05) is 0 Å². The van der Waals surface area contributed by atoms with Crippen LogP contribution in [0.4, 0.5) is 0 Å². The Hall–Kier alpha value is -0.150. The molecule has 0 aromatic heterocycles. The van der Waals surface area contributed by atoms with Crippen LogP contribution in [-0.4, -0.2) is 11.8 Å². The van der Waals surface area contributed by atoms with Gasteiger partial charge in [-0.3, -0.25) is 0 Å². The molecule has 2 rings (SSSR count). The average molecular weight is 421 g/mol. The van der Waals surface area contributed by atoms with Gasteiger partial charge in [-0.2, -0.15) is 0 Å².